The first kappa shape index (κ1) is 14.5. The molecule has 0 atom stereocenters. The highest BCUT2D eigenvalue weighted by Crippen LogP contribution is 2.22. The van der Waals surface area contributed by atoms with E-state index in [0.717, 1.165) is 34.9 Å². The van der Waals surface area contributed by atoms with E-state index in [1.165, 1.54) is 11.1 Å². The second-order valence-corrected chi connectivity index (χ2v) is 6.90. The summed E-state index contributed by atoms with van der Waals surface area (Å²) in [6.07, 6.45) is 2.94. The number of carbonyl (C=O) groups excluding carboxylic acids is 1. The summed E-state index contributed by atoms with van der Waals surface area (Å²) in [6.45, 7) is 1.92. The lowest BCUT2D eigenvalue weighted by Gasteiger charge is -2.29. The van der Waals surface area contributed by atoms with Crippen LogP contribution in [0.2, 0.25) is 0 Å². The first-order valence-electron chi connectivity index (χ1n) is 7.80. The number of rotatable bonds is 2. The van der Waals surface area contributed by atoms with E-state index in [0.29, 0.717) is 6.54 Å². The molecule has 0 saturated heterocycles. The van der Waals surface area contributed by atoms with Gasteiger partial charge in [0.25, 0.3) is 0 Å². The lowest BCUT2D eigenvalue weighted by atomic mass is 10.00. The summed E-state index contributed by atoms with van der Waals surface area (Å²) in [5, 5.41) is 1.16. The van der Waals surface area contributed by atoms with Crippen LogP contribution >= 0.6 is 15.9 Å². The van der Waals surface area contributed by atoms with E-state index in [4.69, 9.17) is 0 Å². The number of carbonyl (C=O) groups is 1. The van der Waals surface area contributed by atoms with Gasteiger partial charge in [-0.2, -0.15) is 0 Å². The van der Waals surface area contributed by atoms with E-state index in [9.17, 15) is 4.79 Å². The summed E-state index contributed by atoms with van der Waals surface area (Å²) in [4.78, 5) is 14.7. The topological polar surface area (TPSA) is 25.2 Å². The minimum atomic E-state index is 0.178. The van der Waals surface area contributed by atoms with Gasteiger partial charge in [-0.1, -0.05) is 46.3 Å². The van der Waals surface area contributed by atoms with Crippen molar-refractivity contribution in [1.82, 2.24) is 9.47 Å². The van der Waals surface area contributed by atoms with Gasteiger partial charge in [0.2, 0.25) is 5.91 Å². The Morgan fingerprint density at radius 3 is 2.78 bits per heavy atom. The van der Waals surface area contributed by atoms with E-state index >= 15 is 0 Å². The van der Waals surface area contributed by atoms with Crippen LogP contribution in [-0.4, -0.2) is 21.9 Å². The van der Waals surface area contributed by atoms with Crippen LogP contribution in [0, 0.1) is 0 Å². The molecule has 4 heteroatoms. The van der Waals surface area contributed by atoms with Gasteiger partial charge in [0.05, 0.1) is 0 Å². The van der Waals surface area contributed by atoms with Crippen LogP contribution in [0.3, 0.4) is 0 Å². The van der Waals surface area contributed by atoms with Gasteiger partial charge in [0.15, 0.2) is 0 Å². The molecule has 1 aliphatic heterocycles. The highest BCUT2D eigenvalue weighted by molar-refractivity contribution is 9.10. The fraction of sp³-hybridized carbons (Fsp3) is 0.211. The number of fused-ring (bicyclic) bond motifs is 2. The van der Waals surface area contributed by atoms with Gasteiger partial charge in [-0.3, -0.25) is 4.79 Å². The lowest BCUT2D eigenvalue weighted by Crippen LogP contribution is -2.37. The van der Waals surface area contributed by atoms with Crippen LogP contribution in [0.15, 0.2) is 59.2 Å². The van der Waals surface area contributed by atoms with Gasteiger partial charge in [-0.05, 0) is 41.1 Å². The van der Waals surface area contributed by atoms with Gasteiger partial charge >= 0.3 is 0 Å². The zero-order chi connectivity index (χ0) is 15.8. The van der Waals surface area contributed by atoms with Gasteiger partial charge < -0.3 is 9.47 Å². The summed E-state index contributed by atoms with van der Waals surface area (Å²) >= 11 is 3.50. The fourth-order valence-electron chi connectivity index (χ4n) is 3.25. The van der Waals surface area contributed by atoms with Crippen molar-refractivity contribution in [3.63, 3.8) is 0 Å². The highest BCUT2D eigenvalue weighted by atomic mass is 79.9. The molecular weight excluding hydrogens is 352 g/mol. The number of hydrogen-bond donors (Lipinski definition) is 0. The number of hydrogen-bond acceptors (Lipinski definition) is 1. The summed E-state index contributed by atoms with van der Waals surface area (Å²) < 4.78 is 3.06. The third kappa shape index (κ3) is 2.79. The van der Waals surface area contributed by atoms with Crippen molar-refractivity contribution in [2.24, 2.45) is 0 Å². The number of nitrogens with zero attached hydrogens (tertiary/aromatic N) is 2. The number of benzene rings is 2. The third-order valence-corrected chi connectivity index (χ3v) is 5.02. The molecule has 0 radical (unpaired) electrons. The van der Waals surface area contributed by atoms with Crippen LogP contribution < -0.4 is 0 Å². The quantitative estimate of drug-likeness (QED) is 0.671. The largest absolute Gasteiger partial charge is 0.338 e. The van der Waals surface area contributed by atoms with E-state index in [1.54, 1.807) is 0 Å². The molecule has 0 fully saturated rings. The summed E-state index contributed by atoms with van der Waals surface area (Å²) in [5.74, 6) is 0.178. The minimum Gasteiger partial charge on any atom is -0.338 e. The molecule has 1 amide bonds. The second-order valence-electron chi connectivity index (χ2n) is 5.98. The van der Waals surface area contributed by atoms with Crippen LogP contribution in [0.1, 0.15) is 11.1 Å². The van der Waals surface area contributed by atoms with Crippen molar-refractivity contribution >= 4 is 32.7 Å². The highest BCUT2D eigenvalue weighted by Gasteiger charge is 2.20. The molecule has 3 aromatic rings. The van der Waals surface area contributed by atoms with Crippen molar-refractivity contribution in [3.8, 4) is 0 Å². The van der Waals surface area contributed by atoms with Crippen molar-refractivity contribution in [2.75, 3.05) is 6.54 Å². The molecular formula is C19H17BrN2O. The molecule has 4 rings (SSSR count). The Labute approximate surface area is 143 Å². The Morgan fingerprint density at radius 2 is 1.91 bits per heavy atom. The molecule has 0 bridgehead atoms. The summed E-state index contributed by atoms with van der Waals surface area (Å²) in [5.41, 5.74) is 3.73. The Morgan fingerprint density at radius 1 is 1.09 bits per heavy atom. The predicted molar refractivity (Wildman–Crippen MR) is 95.2 cm³/mol. The fourth-order valence-corrected chi connectivity index (χ4v) is 3.60. The average Bonchev–Trinajstić information content (AvgIpc) is 2.96. The van der Waals surface area contributed by atoms with Crippen molar-refractivity contribution in [2.45, 2.75) is 19.5 Å². The van der Waals surface area contributed by atoms with Crippen molar-refractivity contribution in [1.29, 1.82) is 0 Å². The molecule has 2 heterocycles. The Kier molecular flexibility index (Phi) is 3.69. The normalized spacial score (nSPS) is 14.0. The van der Waals surface area contributed by atoms with Crippen molar-refractivity contribution < 1.29 is 4.79 Å². The van der Waals surface area contributed by atoms with Gasteiger partial charge in [0, 0.05) is 29.3 Å². The van der Waals surface area contributed by atoms with Crippen LogP contribution in [-0.2, 0) is 24.3 Å². The monoisotopic (exact) mass is 368 g/mol. The molecule has 0 spiro atoms. The zero-order valence-corrected chi connectivity index (χ0v) is 14.3. The minimum absolute atomic E-state index is 0.178. The second kappa shape index (κ2) is 5.85. The van der Waals surface area contributed by atoms with Gasteiger partial charge in [0.1, 0.15) is 6.54 Å². The first-order chi connectivity index (χ1) is 11.2. The summed E-state index contributed by atoms with van der Waals surface area (Å²) in [7, 11) is 0. The zero-order valence-electron chi connectivity index (χ0n) is 12.7. The van der Waals surface area contributed by atoms with Gasteiger partial charge in [-0.15, -0.1) is 0 Å². The maximum absolute atomic E-state index is 12.7. The van der Waals surface area contributed by atoms with Crippen LogP contribution in [0.25, 0.3) is 10.9 Å². The van der Waals surface area contributed by atoms with E-state index < -0.39 is 0 Å². The van der Waals surface area contributed by atoms with E-state index in [-0.39, 0.29) is 5.91 Å². The third-order valence-electron chi connectivity index (χ3n) is 4.52. The van der Waals surface area contributed by atoms with E-state index in [2.05, 4.69) is 52.3 Å². The molecule has 1 aliphatic rings. The molecule has 116 valence electrons. The maximum atomic E-state index is 12.7. The average molecular weight is 369 g/mol. The van der Waals surface area contributed by atoms with Crippen LogP contribution in [0.5, 0.6) is 0 Å². The molecule has 3 nitrogen and oxygen atoms in total. The molecule has 0 unspecified atom stereocenters. The van der Waals surface area contributed by atoms with Gasteiger partial charge in [-0.25, -0.2) is 0 Å². The SMILES string of the molecule is O=C(Cn1ccc2ccc(Br)cc21)N1CCc2ccccc2C1. The molecule has 23 heavy (non-hydrogen) atoms. The predicted octanol–water partition coefficient (Wildman–Crippen LogP) is 3.99. The number of amides is 1. The van der Waals surface area contributed by atoms with Crippen LogP contribution in [0.4, 0.5) is 0 Å². The molecule has 2 aromatic carbocycles. The summed E-state index contributed by atoms with van der Waals surface area (Å²) in [6, 6.07) is 16.6. The molecule has 0 aliphatic carbocycles. The Hall–Kier alpha value is -2.07. The molecule has 1 aromatic heterocycles. The number of aromatic nitrogens is 1. The van der Waals surface area contributed by atoms with Crippen molar-refractivity contribution in [3.05, 3.63) is 70.3 Å². The smallest absolute Gasteiger partial charge is 0.242 e. The standard InChI is InChI=1S/C19H17BrN2O/c20-17-6-5-15-8-9-21(18(15)11-17)13-19(23)22-10-7-14-3-1-2-4-16(14)12-22/h1-6,8-9,11H,7,10,12-13H2. The molecule has 0 N–H and O–H groups in total. The number of halogens is 1. The first-order valence-corrected chi connectivity index (χ1v) is 8.59. The van der Waals surface area contributed by atoms with E-state index in [1.807, 2.05) is 27.8 Å². The lowest BCUT2D eigenvalue weighted by molar-refractivity contribution is -0.132. The Balaban J connectivity index is 1.55. The Bertz CT molecular complexity index is 884. The maximum Gasteiger partial charge on any atom is 0.242 e. The molecule has 0 saturated carbocycles.